The number of carbonyl (C=O) groups excluding carboxylic acids is 1. The van der Waals surface area contributed by atoms with Crippen molar-refractivity contribution in [2.24, 2.45) is 17.3 Å². The van der Waals surface area contributed by atoms with Crippen LogP contribution in [0.2, 0.25) is 0 Å². The number of ether oxygens (including phenoxy) is 2. The fourth-order valence-electron chi connectivity index (χ4n) is 5.71. The highest BCUT2D eigenvalue weighted by molar-refractivity contribution is 5.96. The van der Waals surface area contributed by atoms with Gasteiger partial charge in [0.1, 0.15) is 0 Å². The van der Waals surface area contributed by atoms with Gasteiger partial charge in [0, 0.05) is 6.42 Å². The van der Waals surface area contributed by atoms with E-state index in [0.29, 0.717) is 23.0 Å². The number of fused-ring (bicyclic) bond motifs is 4. The van der Waals surface area contributed by atoms with Crippen LogP contribution in [0.25, 0.3) is 0 Å². The largest absolute Gasteiger partial charge is 0.345 e. The Morgan fingerprint density at radius 1 is 1.09 bits per heavy atom. The third-order valence-corrected chi connectivity index (χ3v) is 6.82. The summed E-state index contributed by atoms with van der Waals surface area (Å²) in [6.45, 7) is 8.57. The molecule has 0 spiro atoms. The zero-order chi connectivity index (χ0) is 15.7. The van der Waals surface area contributed by atoms with Crippen LogP contribution in [-0.4, -0.2) is 23.8 Å². The van der Waals surface area contributed by atoms with Crippen molar-refractivity contribution in [1.29, 1.82) is 0 Å². The molecule has 3 fully saturated rings. The van der Waals surface area contributed by atoms with E-state index in [9.17, 15) is 4.79 Å². The Kier molecular flexibility index (Phi) is 3.16. The molecule has 122 valence electrons. The first-order valence-corrected chi connectivity index (χ1v) is 8.88. The highest BCUT2D eigenvalue weighted by Gasteiger charge is 2.56. The van der Waals surface area contributed by atoms with Crippen molar-refractivity contribution in [1.82, 2.24) is 0 Å². The number of hydrogen-bond donors (Lipinski definition) is 0. The lowest BCUT2D eigenvalue weighted by Crippen LogP contribution is -2.49. The predicted molar refractivity (Wildman–Crippen MR) is 84.3 cm³/mol. The van der Waals surface area contributed by atoms with Crippen LogP contribution in [0.3, 0.4) is 0 Å². The van der Waals surface area contributed by atoms with E-state index in [2.05, 4.69) is 13.8 Å². The smallest absolute Gasteiger partial charge is 0.163 e. The van der Waals surface area contributed by atoms with Crippen LogP contribution < -0.4 is 0 Å². The van der Waals surface area contributed by atoms with Crippen LogP contribution in [0.5, 0.6) is 0 Å². The van der Waals surface area contributed by atoms with Gasteiger partial charge in [-0.25, -0.2) is 0 Å². The minimum atomic E-state index is -0.434. The summed E-state index contributed by atoms with van der Waals surface area (Å²) in [7, 11) is 0. The van der Waals surface area contributed by atoms with Crippen LogP contribution in [-0.2, 0) is 14.3 Å². The Morgan fingerprint density at radius 2 is 1.82 bits per heavy atom. The van der Waals surface area contributed by atoms with E-state index in [-0.39, 0.29) is 12.2 Å². The molecule has 0 N–H and O–H groups in total. The van der Waals surface area contributed by atoms with Crippen molar-refractivity contribution in [2.45, 2.75) is 84.2 Å². The van der Waals surface area contributed by atoms with E-state index in [0.717, 1.165) is 37.7 Å². The van der Waals surface area contributed by atoms with Gasteiger partial charge in [-0.2, -0.15) is 0 Å². The molecule has 0 aromatic heterocycles. The minimum absolute atomic E-state index is 0.241. The third-order valence-electron chi connectivity index (χ3n) is 6.82. The summed E-state index contributed by atoms with van der Waals surface area (Å²) >= 11 is 0. The standard InChI is InChI=1S/C19H28O3/c1-11-12-7-8-19(4)10-17-16(21-18(2,3)22-17)9-14(19)13(12)5-6-15(11)20/h13-14,16-17H,5-10H2,1-4H3/t13-,14+,16-,17+,19-/m1/s1. The highest BCUT2D eigenvalue weighted by atomic mass is 16.7. The fraction of sp³-hybridized carbons (Fsp3) is 0.842. The third kappa shape index (κ3) is 2.12. The van der Waals surface area contributed by atoms with Crippen LogP contribution in [0.4, 0.5) is 0 Å². The zero-order valence-corrected chi connectivity index (χ0v) is 14.3. The summed E-state index contributed by atoms with van der Waals surface area (Å²) in [5.41, 5.74) is 2.89. The van der Waals surface area contributed by atoms with Crippen LogP contribution >= 0.6 is 0 Å². The fourth-order valence-corrected chi connectivity index (χ4v) is 5.71. The number of ketones is 1. The van der Waals surface area contributed by atoms with E-state index in [1.807, 2.05) is 13.8 Å². The lowest BCUT2D eigenvalue weighted by atomic mass is 9.52. The quantitative estimate of drug-likeness (QED) is 0.678. The van der Waals surface area contributed by atoms with Gasteiger partial charge in [0.15, 0.2) is 11.6 Å². The Balaban J connectivity index is 1.66. The molecule has 3 heteroatoms. The number of carbonyl (C=O) groups is 1. The Morgan fingerprint density at radius 3 is 2.59 bits per heavy atom. The summed E-state index contributed by atoms with van der Waals surface area (Å²) in [6, 6.07) is 0. The molecule has 0 aromatic rings. The van der Waals surface area contributed by atoms with Crippen molar-refractivity contribution >= 4 is 5.78 Å². The van der Waals surface area contributed by atoms with Gasteiger partial charge in [-0.15, -0.1) is 0 Å². The summed E-state index contributed by atoms with van der Waals surface area (Å²) in [5, 5.41) is 0. The maximum absolute atomic E-state index is 12.1. The van der Waals surface area contributed by atoms with Crippen molar-refractivity contribution < 1.29 is 14.3 Å². The van der Waals surface area contributed by atoms with Gasteiger partial charge in [-0.05, 0) is 75.7 Å². The molecule has 5 atom stereocenters. The second-order valence-corrected chi connectivity index (χ2v) is 8.63. The summed E-state index contributed by atoms with van der Waals surface area (Å²) in [4.78, 5) is 12.1. The van der Waals surface area contributed by atoms with E-state index in [4.69, 9.17) is 9.47 Å². The molecule has 4 aliphatic rings. The van der Waals surface area contributed by atoms with Crippen LogP contribution in [0.1, 0.15) is 66.2 Å². The number of hydrogen-bond acceptors (Lipinski definition) is 3. The van der Waals surface area contributed by atoms with Gasteiger partial charge >= 0.3 is 0 Å². The van der Waals surface area contributed by atoms with Crippen molar-refractivity contribution in [2.75, 3.05) is 0 Å². The molecule has 2 saturated carbocycles. The molecule has 4 rings (SSSR count). The molecule has 0 radical (unpaired) electrons. The zero-order valence-electron chi connectivity index (χ0n) is 14.3. The summed E-state index contributed by atoms with van der Waals surface area (Å²) < 4.78 is 12.3. The summed E-state index contributed by atoms with van der Waals surface area (Å²) in [6.07, 6.45) is 6.80. The van der Waals surface area contributed by atoms with Crippen molar-refractivity contribution in [3.63, 3.8) is 0 Å². The Hall–Kier alpha value is -0.670. The van der Waals surface area contributed by atoms with Gasteiger partial charge in [0.2, 0.25) is 0 Å². The molecule has 0 aromatic carbocycles. The molecular formula is C19H28O3. The first-order valence-electron chi connectivity index (χ1n) is 8.88. The normalized spacial score (nSPS) is 47.0. The molecule has 3 nitrogen and oxygen atoms in total. The maximum atomic E-state index is 12.1. The molecule has 3 aliphatic carbocycles. The van der Waals surface area contributed by atoms with Gasteiger partial charge in [-0.3, -0.25) is 4.79 Å². The Labute approximate surface area is 133 Å². The molecule has 1 saturated heterocycles. The van der Waals surface area contributed by atoms with Gasteiger partial charge in [-0.1, -0.05) is 12.5 Å². The van der Waals surface area contributed by atoms with Gasteiger partial charge in [0.05, 0.1) is 12.2 Å². The van der Waals surface area contributed by atoms with Crippen LogP contribution in [0, 0.1) is 17.3 Å². The molecule has 1 aliphatic heterocycles. The van der Waals surface area contributed by atoms with E-state index in [1.165, 1.54) is 12.0 Å². The average Bonchev–Trinajstić information content (AvgIpc) is 2.72. The molecule has 22 heavy (non-hydrogen) atoms. The second-order valence-electron chi connectivity index (χ2n) is 8.63. The number of Topliss-reactive ketones (excluding diaryl/α,β-unsaturated/α-hetero) is 1. The van der Waals surface area contributed by atoms with E-state index >= 15 is 0 Å². The second kappa shape index (κ2) is 4.67. The van der Waals surface area contributed by atoms with Crippen molar-refractivity contribution in [3.05, 3.63) is 11.1 Å². The minimum Gasteiger partial charge on any atom is -0.345 e. The Bertz CT molecular complexity index is 547. The molecule has 0 unspecified atom stereocenters. The molecule has 1 heterocycles. The van der Waals surface area contributed by atoms with Crippen molar-refractivity contribution in [3.8, 4) is 0 Å². The lowest BCUT2D eigenvalue weighted by Gasteiger charge is -2.53. The molecule has 0 amide bonds. The first-order chi connectivity index (χ1) is 10.3. The summed E-state index contributed by atoms with van der Waals surface area (Å²) in [5.74, 6) is 1.20. The number of allylic oxidation sites excluding steroid dienone is 2. The predicted octanol–water partition coefficient (Wildman–Crippen LogP) is 4.01. The first kappa shape index (κ1) is 14.9. The van der Waals surface area contributed by atoms with E-state index in [1.54, 1.807) is 0 Å². The maximum Gasteiger partial charge on any atom is 0.163 e. The lowest BCUT2D eigenvalue weighted by molar-refractivity contribution is -0.146. The topological polar surface area (TPSA) is 35.5 Å². The van der Waals surface area contributed by atoms with E-state index < -0.39 is 5.79 Å². The van der Waals surface area contributed by atoms with Crippen LogP contribution in [0.15, 0.2) is 11.1 Å². The van der Waals surface area contributed by atoms with Gasteiger partial charge < -0.3 is 9.47 Å². The van der Waals surface area contributed by atoms with Gasteiger partial charge in [0.25, 0.3) is 0 Å². The average molecular weight is 304 g/mol. The SMILES string of the molecule is CC1=C2CC[C@]3(C)C[C@@H]4OC(C)(C)O[C@@H]4C[C@H]3[C@@H]2CCC1=O. The highest BCUT2D eigenvalue weighted by Crippen LogP contribution is 2.59. The monoisotopic (exact) mass is 304 g/mol. The molecule has 0 bridgehead atoms. The molecular weight excluding hydrogens is 276 g/mol. The number of rotatable bonds is 0.